The maximum Gasteiger partial charge on any atom is 0.122 e. The predicted molar refractivity (Wildman–Crippen MR) is 66.7 cm³/mol. The summed E-state index contributed by atoms with van der Waals surface area (Å²) in [6, 6.07) is 20.3. The molecule has 1 aliphatic rings. The van der Waals surface area contributed by atoms with Crippen molar-refractivity contribution in [1.29, 1.82) is 0 Å². The molecule has 82 valence electrons. The van der Waals surface area contributed by atoms with Crippen LogP contribution in [-0.4, -0.2) is 6.61 Å². The number of benzene rings is 2. The van der Waals surface area contributed by atoms with Crippen molar-refractivity contribution in [2.75, 3.05) is 6.61 Å². The lowest BCUT2D eigenvalue weighted by molar-refractivity contribution is 0.288. The molecule has 1 aliphatic heterocycles. The van der Waals surface area contributed by atoms with Gasteiger partial charge in [0.05, 0.1) is 6.61 Å². The zero-order valence-corrected chi connectivity index (χ0v) is 9.30. The quantitative estimate of drug-likeness (QED) is 0.647. The molecule has 3 rings (SSSR count). The number of hydrogen-bond donors (Lipinski definition) is 0. The fraction of sp³-hybridized carbons (Fsp3) is 0.200. The monoisotopic (exact) mass is 212 g/mol. The zero-order valence-electron chi connectivity index (χ0n) is 9.30. The molecular formula is C15H16O. The van der Waals surface area contributed by atoms with E-state index in [-0.39, 0.29) is 0 Å². The van der Waals surface area contributed by atoms with Gasteiger partial charge in [-0.3, -0.25) is 0 Å². The first-order valence-corrected chi connectivity index (χ1v) is 5.67. The number of aryl methyl sites for hydroxylation is 1. The maximum atomic E-state index is 5.42. The van der Waals surface area contributed by atoms with E-state index in [0.29, 0.717) is 0 Å². The predicted octanol–water partition coefficient (Wildman–Crippen LogP) is 3.70. The highest BCUT2D eigenvalue weighted by atomic mass is 16.5. The fourth-order valence-electron chi connectivity index (χ4n) is 1.68. The number of ether oxygens (including phenoxy) is 1. The van der Waals surface area contributed by atoms with Crippen molar-refractivity contribution in [2.45, 2.75) is 12.8 Å². The van der Waals surface area contributed by atoms with E-state index >= 15 is 0 Å². The second-order valence-corrected chi connectivity index (χ2v) is 3.71. The molecule has 2 aromatic carbocycles. The summed E-state index contributed by atoms with van der Waals surface area (Å²) in [5.74, 6) is 1.08. The SMILES string of the molecule is c1ccc2c(c1)CCCO2.c1ccccc1. The topological polar surface area (TPSA) is 9.23 Å². The van der Waals surface area contributed by atoms with E-state index in [9.17, 15) is 0 Å². The third kappa shape index (κ3) is 3.13. The van der Waals surface area contributed by atoms with Crippen LogP contribution in [0.5, 0.6) is 5.75 Å². The van der Waals surface area contributed by atoms with Gasteiger partial charge in [-0.2, -0.15) is 0 Å². The van der Waals surface area contributed by atoms with Crippen molar-refractivity contribution < 1.29 is 4.74 Å². The van der Waals surface area contributed by atoms with Gasteiger partial charge >= 0.3 is 0 Å². The lowest BCUT2D eigenvalue weighted by atomic mass is 10.1. The molecule has 16 heavy (non-hydrogen) atoms. The molecule has 1 heterocycles. The minimum absolute atomic E-state index is 0.886. The molecule has 0 saturated heterocycles. The van der Waals surface area contributed by atoms with E-state index in [2.05, 4.69) is 12.1 Å². The average Bonchev–Trinajstić information content (AvgIpc) is 2.42. The first kappa shape index (κ1) is 10.7. The molecule has 1 heteroatoms. The molecule has 0 unspecified atom stereocenters. The number of para-hydroxylation sites is 1. The van der Waals surface area contributed by atoms with Crippen LogP contribution in [-0.2, 0) is 6.42 Å². The van der Waals surface area contributed by atoms with Gasteiger partial charge in [0.2, 0.25) is 0 Å². The molecule has 0 saturated carbocycles. The molecule has 0 amide bonds. The molecule has 1 nitrogen and oxygen atoms in total. The molecule has 0 radical (unpaired) electrons. The van der Waals surface area contributed by atoms with Crippen molar-refractivity contribution in [3.8, 4) is 5.75 Å². The van der Waals surface area contributed by atoms with E-state index in [1.165, 1.54) is 12.0 Å². The van der Waals surface area contributed by atoms with Gasteiger partial charge in [-0.1, -0.05) is 54.6 Å². The molecule has 2 aromatic rings. The maximum absolute atomic E-state index is 5.42. The lowest BCUT2D eigenvalue weighted by Crippen LogP contribution is -2.07. The highest BCUT2D eigenvalue weighted by Gasteiger charge is 2.06. The molecule has 0 aliphatic carbocycles. The van der Waals surface area contributed by atoms with E-state index in [1.807, 2.05) is 48.5 Å². The largest absolute Gasteiger partial charge is 0.493 e. The fourth-order valence-corrected chi connectivity index (χ4v) is 1.68. The van der Waals surface area contributed by atoms with Crippen LogP contribution in [0.4, 0.5) is 0 Å². The summed E-state index contributed by atoms with van der Waals surface area (Å²) >= 11 is 0. The van der Waals surface area contributed by atoms with Gasteiger partial charge in [-0.15, -0.1) is 0 Å². The Hall–Kier alpha value is -1.76. The number of rotatable bonds is 0. The van der Waals surface area contributed by atoms with Crippen LogP contribution in [0.1, 0.15) is 12.0 Å². The van der Waals surface area contributed by atoms with Crippen molar-refractivity contribution in [2.24, 2.45) is 0 Å². The Kier molecular flexibility index (Phi) is 4.00. The summed E-state index contributed by atoms with van der Waals surface area (Å²) in [5.41, 5.74) is 1.36. The Morgan fingerprint density at radius 2 is 1.38 bits per heavy atom. The Labute approximate surface area is 96.7 Å². The highest BCUT2D eigenvalue weighted by Crippen LogP contribution is 2.22. The van der Waals surface area contributed by atoms with Crippen molar-refractivity contribution in [1.82, 2.24) is 0 Å². The van der Waals surface area contributed by atoms with Crippen LogP contribution in [0.25, 0.3) is 0 Å². The van der Waals surface area contributed by atoms with E-state index in [1.54, 1.807) is 0 Å². The first-order valence-electron chi connectivity index (χ1n) is 5.67. The molecule has 0 fully saturated rings. The van der Waals surface area contributed by atoms with Crippen molar-refractivity contribution in [3.63, 3.8) is 0 Å². The summed E-state index contributed by atoms with van der Waals surface area (Å²) in [4.78, 5) is 0. The minimum atomic E-state index is 0.886. The Balaban J connectivity index is 0.000000138. The van der Waals surface area contributed by atoms with Crippen LogP contribution in [0.15, 0.2) is 60.7 Å². The Morgan fingerprint density at radius 3 is 2.00 bits per heavy atom. The van der Waals surface area contributed by atoms with Crippen LogP contribution >= 0.6 is 0 Å². The summed E-state index contributed by atoms with van der Waals surface area (Å²) < 4.78 is 5.42. The van der Waals surface area contributed by atoms with Crippen LogP contribution in [0.3, 0.4) is 0 Å². The highest BCUT2D eigenvalue weighted by molar-refractivity contribution is 5.34. The standard InChI is InChI=1S/C9H10O.C6H6/c1-2-6-9-8(4-1)5-3-7-10-9;1-2-4-6-5-3-1/h1-2,4,6H,3,5,7H2;1-6H. The molecule has 0 atom stereocenters. The summed E-state index contributed by atoms with van der Waals surface area (Å²) in [5, 5.41) is 0. The smallest absolute Gasteiger partial charge is 0.122 e. The van der Waals surface area contributed by atoms with E-state index in [0.717, 1.165) is 18.8 Å². The number of fused-ring (bicyclic) bond motifs is 1. The lowest BCUT2D eigenvalue weighted by Gasteiger charge is -2.15. The van der Waals surface area contributed by atoms with Crippen LogP contribution < -0.4 is 4.74 Å². The molecular weight excluding hydrogens is 196 g/mol. The molecule has 0 N–H and O–H groups in total. The molecule has 0 bridgehead atoms. The Bertz CT molecular complexity index is 357. The second-order valence-electron chi connectivity index (χ2n) is 3.71. The Morgan fingerprint density at radius 1 is 0.750 bits per heavy atom. The van der Waals surface area contributed by atoms with Gasteiger partial charge < -0.3 is 4.74 Å². The molecule has 0 aromatic heterocycles. The van der Waals surface area contributed by atoms with Gasteiger partial charge in [0.15, 0.2) is 0 Å². The summed E-state index contributed by atoms with van der Waals surface area (Å²) in [7, 11) is 0. The van der Waals surface area contributed by atoms with Crippen molar-refractivity contribution in [3.05, 3.63) is 66.2 Å². The van der Waals surface area contributed by atoms with E-state index < -0.39 is 0 Å². The van der Waals surface area contributed by atoms with Gasteiger partial charge in [0.25, 0.3) is 0 Å². The second kappa shape index (κ2) is 5.96. The molecule has 0 spiro atoms. The van der Waals surface area contributed by atoms with Gasteiger partial charge in [-0.25, -0.2) is 0 Å². The van der Waals surface area contributed by atoms with Gasteiger partial charge in [-0.05, 0) is 24.5 Å². The van der Waals surface area contributed by atoms with Crippen LogP contribution in [0, 0.1) is 0 Å². The summed E-state index contributed by atoms with van der Waals surface area (Å²) in [6.07, 6.45) is 2.34. The third-order valence-electron chi connectivity index (χ3n) is 2.49. The zero-order chi connectivity index (χ0) is 11.1. The van der Waals surface area contributed by atoms with E-state index in [4.69, 9.17) is 4.74 Å². The third-order valence-corrected chi connectivity index (χ3v) is 2.49. The van der Waals surface area contributed by atoms with Crippen LogP contribution in [0.2, 0.25) is 0 Å². The average molecular weight is 212 g/mol. The minimum Gasteiger partial charge on any atom is -0.493 e. The summed E-state index contributed by atoms with van der Waals surface area (Å²) in [6.45, 7) is 0.886. The first-order chi connectivity index (χ1) is 7.97. The van der Waals surface area contributed by atoms with Crippen molar-refractivity contribution >= 4 is 0 Å². The number of hydrogen-bond acceptors (Lipinski definition) is 1. The van der Waals surface area contributed by atoms with Gasteiger partial charge in [0.1, 0.15) is 5.75 Å². The normalized spacial score (nSPS) is 12.8. The van der Waals surface area contributed by atoms with Gasteiger partial charge in [0, 0.05) is 0 Å².